The maximum atomic E-state index is 13.2. The van der Waals surface area contributed by atoms with Crippen molar-refractivity contribution in [2.24, 2.45) is 5.73 Å². The van der Waals surface area contributed by atoms with Gasteiger partial charge in [-0.05, 0) is 30.7 Å². The minimum absolute atomic E-state index is 0.0486. The second kappa shape index (κ2) is 6.71. The van der Waals surface area contributed by atoms with Gasteiger partial charge in [-0.3, -0.25) is 0 Å². The number of hydrogen-bond acceptors (Lipinski definition) is 4. The van der Waals surface area contributed by atoms with Gasteiger partial charge in [0.15, 0.2) is 0 Å². The molecule has 4 rings (SSSR count). The van der Waals surface area contributed by atoms with Crippen LogP contribution in [0.25, 0.3) is 5.69 Å². The van der Waals surface area contributed by atoms with Gasteiger partial charge in [-0.25, -0.2) is 4.68 Å². The highest BCUT2D eigenvalue weighted by Crippen LogP contribution is 2.45. The van der Waals surface area contributed by atoms with E-state index in [1.54, 1.807) is 13.0 Å². The molecule has 0 spiro atoms. The fraction of sp³-hybridized carbons (Fsp3) is 0.143. The van der Waals surface area contributed by atoms with E-state index in [4.69, 9.17) is 10.5 Å². The summed E-state index contributed by atoms with van der Waals surface area (Å²) in [5, 5.41) is 14.1. The van der Waals surface area contributed by atoms with Gasteiger partial charge in [0.05, 0.1) is 28.4 Å². The van der Waals surface area contributed by atoms with Crippen LogP contribution in [0.1, 0.15) is 28.3 Å². The summed E-state index contributed by atoms with van der Waals surface area (Å²) in [5.41, 5.74) is 7.27. The van der Waals surface area contributed by atoms with Crippen LogP contribution in [-0.2, 0) is 6.18 Å². The second-order valence-electron chi connectivity index (χ2n) is 6.60. The molecule has 2 aromatic carbocycles. The van der Waals surface area contributed by atoms with Crippen LogP contribution in [-0.4, -0.2) is 9.78 Å². The lowest BCUT2D eigenvalue weighted by atomic mass is 9.83. The minimum atomic E-state index is -4.50. The number of nitrogens with two attached hydrogens (primary N) is 1. The van der Waals surface area contributed by atoms with Crippen LogP contribution >= 0.6 is 0 Å². The van der Waals surface area contributed by atoms with Crippen molar-refractivity contribution in [1.29, 1.82) is 5.26 Å². The highest BCUT2D eigenvalue weighted by Gasteiger charge is 2.37. The summed E-state index contributed by atoms with van der Waals surface area (Å²) >= 11 is 0. The average Bonchev–Trinajstić information content (AvgIpc) is 3.03. The molecule has 1 aliphatic heterocycles. The summed E-state index contributed by atoms with van der Waals surface area (Å²) < 4.78 is 47.0. The van der Waals surface area contributed by atoms with Gasteiger partial charge in [0, 0.05) is 0 Å². The summed E-state index contributed by atoms with van der Waals surface area (Å²) in [4.78, 5) is 0. The quantitative estimate of drug-likeness (QED) is 0.696. The van der Waals surface area contributed by atoms with Gasteiger partial charge >= 0.3 is 6.18 Å². The number of nitriles is 1. The fourth-order valence-electron chi connectivity index (χ4n) is 3.49. The summed E-state index contributed by atoms with van der Waals surface area (Å²) in [6.45, 7) is 1.72. The summed E-state index contributed by atoms with van der Waals surface area (Å²) in [7, 11) is 0. The Kier molecular flexibility index (Phi) is 4.31. The van der Waals surface area contributed by atoms with Crippen LogP contribution < -0.4 is 10.5 Å². The Balaban J connectivity index is 1.95. The Hall–Kier alpha value is -3.73. The maximum absolute atomic E-state index is 13.2. The molecule has 0 amide bonds. The molecule has 3 aromatic rings. The van der Waals surface area contributed by atoms with Gasteiger partial charge in [0.25, 0.3) is 0 Å². The minimum Gasteiger partial charge on any atom is -0.422 e. The van der Waals surface area contributed by atoms with Crippen LogP contribution in [0, 0.1) is 18.3 Å². The van der Waals surface area contributed by atoms with Crippen LogP contribution in [0.3, 0.4) is 0 Å². The van der Waals surface area contributed by atoms with Crippen LogP contribution in [0.15, 0.2) is 66.1 Å². The zero-order valence-corrected chi connectivity index (χ0v) is 15.2. The van der Waals surface area contributed by atoms with E-state index in [9.17, 15) is 18.4 Å². The van der Waals surface area contributed by atoms with Gasteiger partial charge in [-0.15, -0.1) is 0 Å². The van der Waals surface area contributed by atoms with Crippen molar-refractivity contribution < 1.29 is 17.9 Å². The lowest BCUT2D eigenvalue weighted by molar-refractivity contribution is -0.137. The van der Waals surface area contributed by atoms with Crippen LogP contribution in [0.4, 0.5) is 13.2 Å². The Morgan fingerprint density at radius 2 is 1.86 bits per heavy atom. The molecule has 1 aromatic heterocycles. The van der Waals surface area contributed by atoms with E-state index < -0.39 is 17.7 Å². The van der Waals surface area contributed by atoms with Gasteiger partial charge < -0.3 is 10.5 Å². The lowest BCUT2D eigenvalue weighted by Gasteiger charge is -2.25. The summed E-state index contributed by atoms with van der Waals surface area (Å²) in [6.07, 6.45) is -4.50. The molecule has 29 heavy (non-hydrogen) atoms. The first-order chi connectivity index (χ1) is 13.8. The van der Waals surface area contributed by atoms with E-state index in [-0.39, 0.29) is 17.3 Å². The van der Waals surface area contributed by atoms with Crippen molar-refractivity contribution in [2.45, 2.75) is 19.0 Å². The van der Waals surface area contributed by atoms with Crippen molar-refractivity contribution in [1.82, 2.24) is 9.78 Å². The SMILES string of the molecule is Cc1nn(-c2ccccc2)c2c1C(c1cccc(C(F)(F)F)c1)C(C#N)=C(N)O2. The Morgan fingerprint density at radius 3 is 2.52 bits per heavy atom. The zero-order chi connectivity index (χ0) is 20.8. The normalized spacial score (nSPS) is 16.2. The number of ether oxygens (including phenoxy) is 1. The third kappa shape index (κ3) is 3.10. The topological polar surface area (TPSA) is 76.9 Å². The van der Waals surface area contributed by atoms with E-state index in [1.807, 2.05) is 36.4 Å². The molecule has 0 fully saturated rings. The largest absolute Gasteiger partial charge is 0.422 e. The Labute approximate surface area is 164 Å². The molecule has 1 aliphatic rings. The zero-order valence-electron chi connectivity index (χ0n) is 15.2. The average molecular weight is 396 g/mol. The van der Waals surface area contributed by atoms with Crippen molar-refractivity contribution in [3.63, 3.8) is 0 Å². The predicted molar refractivity (Wildman–Crippen MR) is 99.0 cm³/mol. The van der Waals surface area contributed by atoms with E-state index in [1.165, 1.54) is 10.7 Å². The molecular formula is C21H15F3N4O. The van der Waals surface area contributed by atoms with E-state index in [0.29, 0.717) is 22.5 Å². The number of aromatic nitrogens is 2. The molecule has 0 saturated carbocycles. The number of benzene rings is 2. The monoisotopic (exact) mass is 396 g/mol. The van der Waals surface area contributed by atoms with E-state index in [0.717, 1.165) is 12.1 Å². The van der Waals surface area contributed by atoms with Crippen LogP contribution in [0.5, 0.6) is 5.88 Å². The van der Waals surface area contributed by atoms with Crippen molar-refractivity contribution in [3.05, 3.63) is 88.4 Å². The molecule has 146 valence electrons. The van der Waals surface area contributed by atoms with E-state index >= 15 is 0 Å². The molecule has 5 nitrogen and oxygen atoms in total. The number of para-hydroxylation sites is 1. The highest BCUT2D eigenvalue weighted by atomic mass is 19.4. The third-order valence-electron chi connectivity index (χ3n) is 4.78. The number of nitrogens with zero attached hydrogens (tertiary/aromatic N) is 3. The Bertz CT molecular complexity index is 1160. The number of rotatable bonds is 2. The van der Waals surface area contributed by atoms with Gasteiger partial charge in [-0.2, -0.15) is 23.5 Å². The van der Waals surface area contributed by atoms with Gasteiger partial charge in [0.1, 0.15) is 11.6 Å². The summed E-state index contributed by atoms with van der Waals surface area (Å²) in [5.74, 6) is -0.685. The Morgan fingerprint density at radius 1 is 1.14 bits per heavy atom. The molecule has 0 saturated heterocycles. The molecule has 0 radical (unpaired) electrons. The number of fused-ring (bicyclic) bond motifs is 1. The first-order valence-corrected chi connectivity index (χ1v) is 8.71. The van der Waals surface area contributed by atoms with Crippen molar-refractivity contribution in [3.8, 4) is 17.6 Å². The van der Waals surface area contributed by atoms with Gasteiger partial charge in [0.2, 0.25) is 11.8 Å². The number of halogens is 3. The fourth-order valence-corrected chi connectivity index (χ4v) is 3.49. The molecular weight excluding hydrogens is 381 g/mol. The number of allylic oxidation sites excluding steroid dienone is 1. The number of aryl methyl sites for hydroxylation is 1. The standard InChI is InChI=1S/C21H15F3N4O/c1-12-17-18(13-6-5-7-14(10-13)21(22,23)24)16(11-25)19(26)29-20(17)28(27-12)15-8-3-2-4-9-15/h2-10,18H,26H2,1H3. The predicted octanol–water partition coefficient (Wildman–Crippen LogP) is 4.42. The third-order valence-corrected chi connectivity index (χ3v) is 4.78. The first-order valence-electron chi connectivity index (χ1n) is 8.71. The lowest BCUT2D eigenvalue weighted by Crippen LogP contribution is -2.22. The van der Waals surface area contributed by atoms with Crippen molar-refractivity contribution in [2.75, 3.05) is 0 Å². The molecule has 8 heteroatoms. The molecule has 1 atom stereocenters. The molecule has 2 N–H and O–H groups in total. The highest BCUT2D eigenvalue weighted by molar-refractivity contribution is 5.57. The maximum Gasteiger partial charge on any atom is 0.416 e. The summed E-state index contributed by atoms with van der Waals surface area (Å²) in [6, 6.07) is 16.0. The smallest absolute Gasteiger partial charge is 0.416 e. The molecule has 2 heterocycles. The number of alkyl halides is 3. The molecule has 0 bridgehead atoms. The van der Waals surface area contributed by atoms with Crippen molar-refractivity contribution >= 4 is 0 Å². The second-order valence-corrected chi connectivity index (χ2v) is 6.60. The van der Waals surface area contributed by atoms with Gasteiger partial charge in [-0.1, -0.05) is 36.4 Å². The number of hydrogen-bond donors (Lipinski definition) is 1. The van der Waals surface area contributed by atoms with E-state index in [2.05, 4.69) is 5.10 Å². The first kappa shape index (κ1) is 18.6. The molecule has 0 aliphatic carbocycles. The van der Waals surface area contributed by atoms with Crippen LogP contribution in [0.2, 0.25) is 0 Å². The molecule has 1 unspecified atom stereocenters.